The highest BCUT2D eigenvalue weighted by Crippen LogP contribution is 2.05. The lowest BCUT2D eigenvalue weighted by Gasteiger charge is -2.22. The van der Waals surface area contributed by atoms with Gasteiger partial charge in [-0.2, -0.15) is 12.6 Å². The Hall–Kier alpha value is -1.57. The molecular weight excluding hydrogens is 400 g/mol. The van der Waals surface area contributed by atoms with Crippen LogP contribution in [0.25, 0.3) is 0 Å². The predicted octanol–water partition coefficient (Wildman–Crippen LogP) is -2.37. The van der Waals surface area contributed by atoms with Crippen LogP contribution in [-0.4, -0.2) is 84.3 Å². The van der Waals surface area contributed by atoms with E-state index in [0.29, 0.717) is 18.0 Å². The third-order valence-electron chi connectivity index (χ3n) is 4.01. The summed E-state index contributed by atoms with van der Waals surface area (Å²) in [6.07, 6.45) is 2.14. The zero-order chi connectivity index (χ0) is 22.2. The largest absolute Gasteiger partial charge is 0.480 e. The highest BCUT2D eigenvalue weighted by molar-refractivity contribution is 7.80. The summed E-state index contributed by atoms with van der Waals surface area (Å²) in [6.45, 7) is 2.57. The monoisotopic (exact) mass is 434 g/mol. The van der Waals surface area contributed by atoms with Gasteiger partial charge in [-0.25, -0.2) is 4.90 Å². The molecule has 0 spiro atoms. The molecule has 0 bridgehead atoms. The zero-order valence-electron chi connectivity index (χ0n) is 16.6. The van der Waals surface area contributed by atoms with Gasteiger partial charge in [0.05, 0.1) is 12.6 Å². The number of hydrogen-bond acceptors (Lipinski definition) is 10. The molecule has 0 aliphatic heterocycles. The molecule has 0 saturated heterocycles. The minimum absolute atomic E-state index is 0.0478. The fourth-order valence-corrected chi connectivity index (χ4v) is 2.43. The average Bonchev–Trinajstić information content (AvgIpc) is 2.69. The first kappa shape index (κ1) is 27.4. The summed E-state index contributed by atoms with van der Waals surface area (Å²) in [5.41, 5.74) is 16.4. The van der Waals surface area contributed by atoms with E-state index in [4.69, 9.17) is 22.3 Å². The van der Waals surface area contributed by atoms with Crippen LogP contribution in [0.3, 0.4) is 0 Å². The van der Waals surface area contributed by atoms with Gasteiger partial charge < -0.3 is 32.9 Å². The molecule has 0 rings (SSSR count). The lowest BCUT2D eigenvalue weighted by Crippen LogP contribution is -2.53. The van der Waals surface area contributed by atoms with Gasteiger partial charge in [-0.3, -0.25) is 19.2 Å². The number of hydrogen-bond donors (Lipinski definition) is 7. The predicted molar refractivity (Wildman–Crippen MR) is 112 cm³/mol. The molecular formula is C17H34N6O5S. The van der Waals surface area contributed by atoms with Gasteiger partial charge in [0.25, 0.3) is 5.91 Å². The van der Waals surface area contributed by atoms with Crippen LogP contribution in [-0.2, 0) is 19.2 Å². The van der Waals surface area contributed by atoms with Crippen molar-refractivity contribution < 1.29 is 24.3 Å². The normalized spacial score (nSPS) is 13.0. The Morgan fingerprint density at radius 3 is 2.14 bits per heavy atom. The van der Waals surface area contributed by atoms with Gasteiger partial charge in [0.1, 0.15) is 6.04 Å². The van der Waals surface area contributed by atoms with Crippen molar-refractivity contribution >= 4 is 36.3 Å². The molecule has 0 radical (unpaired) electrons. The van der Waals surface area contributed by atoms with E-state index in [-0.39, 0.29) is 25.1 Å². The van der Waals surface area contributed by atoms with E-state index in [0.717, 1.165) is 32.4 Å². The first-order chi connectivity index (χ1) is 13.8. The standard InChI is InChI=1S/C17H34N6O5S/c18-6-1-2-7-21-8-3-9-22-10-15(25)23(16(26)13(20)11-29)14(24)5-4-12(19)17(27)28/h12-13,21-22,29H,1-11,18-20H2,(H,27,28)/t12-,13-/m0/s1. The number of imide groups is 3. The Balaban J connectivity index is 4.53. The van der Waals surface area contributed by atoms with E-state index in [9.17, 15) is 19.2 Å². The summed E-state index contributed by atoms with van der Waals surface area (Å²) in [7, 11) is 0. The molecule has 29 heavy (non-hydrogen) atoms. The summed E-state index contributed by atoms with van der Waals surface area (Å²) in [6, 6.07) is -2.39. The quantitative estimate of drug-likeness (QED) is 0.102. The first-order valence-corrected chi connectivity index (χ1v) is 10.2. The van der Waals surface area contributed by atoms with Crippen LogP contribution in [0.1, 0.15) is 32.1 Å². The number of carbonyl (C=O) groups excluding carboxylic acids is 3. The maximum Gasteiger partial charge on any atom is 0.320 e. The highest BCUT2D eigenvalue weighted by atomic mass is 32.1. The molecule has 9 N–H and O–H groups in total. The second-order valence-electron chi connectivity index (χ2n) is 6.51. The van der Waals surface area contributed by atoms with E-state index >= 15 is 0 Å². The van der Waals surface area contributed by atoms with Gasteiger partial charge in [0.15, 0.2) is 0 Å². The van der Waals surface area contributed by atoms with Crippen LogP contribution in [0, 0.1) is 0 Å². The molecule has 0 aromatic rings. The molecule has 0 fully saturated rings. The fourth-order valence-electron chi connectivity index (χ4n) is 2.28. The molecule has 11 nitrogen and oxygen atoms in total. The summed E-state index contributed by atoms with van der Waals surface area (Å²) in [5.74, 6) is -3.78. The van der Waals surface area contributed by atoms with E-state index in [1.807, 2.05) is 0 Å². The number of thiol groups is 1. The summed E-state index contributed by atoms with van der Waals surface area (Å²) in [5, 5.41) is 14.9. The Morgan fingerprint density at radius 2 is 1.55 bits per heavy atom. The lowest BCUT2D eigenvalue weighted by molar-refractivity contribution is -0.154. The van der Waals surface area contributed by atoms with Crippen molar-refractivity contribution in [1.29, 1.82) is 0 Å². The second-order valence-corrected chi connectivity index (χ2v) is 6.87. The van der Waals surface area contributed by atoms with Crippen LogP contribution in [0.2, 0.25) is 0 Å². The van der Waals surface area contributed by atoms with Crippen molar-refractivity contribution in [3.8, 4) is 0 Å². The molecule has 0 aromatic carbocycles. The maximum atomic E-state index is 12.4. The number of carboxylic acids is 1. The molecule has 12 heteroatoms. The molecule has 0 aromatic heterocycles. The number of amides is 3. The zero-order valence-corrected chi connectivity index (χ0v) is 17.5. The number of rotatable bonds is 16. The minimum Gasteiger partial charge on any atom is -0.480 e. The SMILES string of the molecule is NCCCCNCCCNCC(=O)N(C(=O)CC[C@H](N)C(=O)O)C(=O)[C@@H](N)CS. The van der Waals surface area contributed by atoms with E-state index in [1.165, 1.54) is 0 Å². The molecule has 2 atom stereocenters. The van der Waals surface area contributed by atoms with E-state index in [1.54, 1.807) is 0 Å². The fraction of sp³-hybridized carbons (Fsp3) is 0.765. The number of nitrogens with two attached hydrogens (primary N) is 3. The number of aliphatic carboxylic acids is 1. The van der Waals surface area contributed by atoms with Crippen LogP contribution in [0.4, 0.5) is 0 Å². The number of carboxylic acid groups (broad SMARTS) is 1. The molecule has 0 heterocycles. The van der Waals surface area contributed by atoms with Gasteiger partial charge in [-0.1, -0.05) is 0 Å². The summed E-state index contributed by atoms with van der Waals surface area (Å²) >= 11 is 3.92. The van der Waals surface area contributed by atoms with Crippen molar-refractivity contribution in [2.75, 3.05) is 38.5 Å². The van der Waals surface area contributed by atoms with E-state index in [2.05, 4.69) is 23.3 Å². The van der Waals surface area contributed by atoms with Crippen LogP contribution in [0.15, 0.2) is 0 Å². The molecule has 0 aliphatic carbocycles. The molecule has 0 unspecified atom stereocenters. The van der Waals surface area contributed by atoms with Crippen LogP contribution >= 0.6 is 12.6 Å². The number of nitrogens with zero attached hydrogens (tertiary/aromatic N) is 1. The Labute approximate surface area is 176 Å². The average molecular weight is 435 g/mol. The van der Waals surface area contributed by atoms with Crippen molar-refractivity contribution in [2.45, 2.75) is 44.2 Å². The Kier molecular flexibility index (Phi) is 15.4. The van der Waals surface area contributed by atoms with Gasteiger partial charge in [-0.15, -0.1) is 0 Å². The lowest BCUT2D eigenvalue weighted by atomic mass is 10.1. The topological polar surface area (TPSA) is 194 Å². The van der Waals surface area contributed by atoms with E-state index < -0.39 is 35.8 Å². The number of nitrogens with one attached hydrogen (secondary N) is 2. The Bertz CT molecular complexity index is 536. The van der Waals surface area contributed by atoms with Crippen molar-refractivity contribution in [2.24, 2.45) is 17.2 Å². The number of unbranched alkanes of at least 4 members (excludes halogenated alkanes) is 1. The smallest absolute Gasteiger partial charge is 0.320 e. The third-order valence-corrected chi connectivity index (χ3v) is 4.40. The summed E-state index contributed by atoms with van der Waals surface area (Å²) < 4.78 is 0. The maximum absolute atomic E-state index is 12.4. The summed E-state index contributed by atoms with van der Waals surface area (Å²) in [4.78, 5) is 48.3. The minimum atomic E-state index is -1.27. The number of carbonyl (C=O) groups is 4. The van der Waals surface area contributed by atoms with Crippen molar-refractivity contribution in [1.82, 2.24) is 15.5 Å². The molecule has 0 saturated carbocycles. The van der Waals surface area contributed by atoms with Gasteiger partial charge in [0.2, 0.25) is 11.8 Å². The van der Waals surface area contributed by atoms with Crippen LogP contribution in [0.5, 0.6) is 0 Å². The third kappa shape index (κ3) is 11.9. The van der Waals surface area contributed by atoms with Crippen LogP contribution < -0.4 is 27.8 Å². The molecule has 168 valence electrons. The van der Waals surface area contributed by atoms with Crippen molar-refractivity contribution in [3.63, 3.8) is 0 Å². The van der Waals surface area contributed by atoms with Gasteiger partial charge in [0, 0.05) is 12.2 Å². The first-order valence-electron chi connectivity index (χ1n) is 9.62. The van der Waals surface area contributed by atoms with Crippen molar-refractivity contribution in [3.05, 3.63) is 0 Å². The Morgan fingerprint density at radius 1 is 0.931 bits per heavy atom. The van der Waals surface area contributed by atoms with Gasteiger partial charge >= 0.3 is 5.97 Å². The molecule has 3 amide bonds. The molecule has 0 aliphatic rings. The highest BCUT2D eigenvalue weighted by Gasteiger charge is 2.31. The van der Waals surface area contributed by atoms with Gasteiger partial charge in [-0.05, 0) is 51.9 Å². The second kappa shape index (κ2) is 16.3.